The predicted molar refractivity (Wildman–Crippen MR) is 58.5 cm³/mol. The van der Waals surface area contributed by atoms with Crippen LogP contribution in [0.1, 0.15) is 24.6 Å². The molecule has 0 amide bonds. The fourth-order valence-corrected chi connectivity index (χ4v) is 2.08. The Labute approximate surface area is 92.0 Å². The number of ether oxygens (including phenoxy) is 1. The molecule has 1 aromatic rings. The van der Waals surface area contributed by atoms with Gasteiger partial charge in [-0.1, -0.05) is 0 Å². The molecule has 0 bridgehead atoms. The van der Waals surface area contributed by atoms with Gasteiger partial charge in [0.1, 0.15) is 5.75 Å². The van der Waals surface area contributed by atoms with Gasteiger partial charge in [0.15, 0.2) is 0 Å². The molecule has 4 heteroatoms. The van der Waals surface area contributed by atoms with Crippen LogP contribution in [0.2, 0.25) is 0 Å². The molecule has 0 aliphatic carbocycles. The van der Waals surface area contributed by atoms with Crippen molar-refractivity contribution in [1.29, 1.82) is 0 Å². The number of nitrogens with zero attached hydrogens (tertiary/aromatic N) is 1. The highest BCUT2D eigenvalue weighted by Gasteiger charge is 2.21. The average molecular weight is 257 g/mol. The normalized spacial score (nSPS) is 21.1. The van der Waals surface area contributed by atoms with Gasteiger partial charge in [-0.05, 0) is 41.4 Å². The van der Waals surface area contributed by atoms with Crippen LogP contribution in [0, 0.1) is 0 Å². The molecule has 0 spiro atoms. The molecule has 1 atom stereocenters. The summed E-state index contributed by atoms with van der Waals surface area (Å²) in [6.45, 7) is 1.07. The monoisotopic (exact) mass is 256 g/mol. The third-order valence-electron chi connectivity index (χ3n) is 2.46. The van der Waals surface area contributed by atoms with Crippen LogP contribution in [-0.4, -0.2) is 18.6 Å². The number of methoxy groups -OCH3 is 1. The van der Waals surface area contributed by atoms with Crippen LogP contribution in [0.5, 0.6) is 5.75 Å². The highest BCUT2D eigenvalue weighted by molar-refractivity contribution is 9.10. The third-order valence-corrected chi connectivity index (χ3v) is 2.89. The maximum Gasteiger partial charge on any atom is 0.143 e. The summed E-state index contributed by atoms with van der Waals surface area (Å²) < 4.78 is 6.26. The molecule has 76 valence electrons. The van der Waals surface area contributed by atoms with Crippen LogP contribution in [0.25, 0.3) is 0 Å². The molecule has 14 heavy (non-hydrogen) atoms. The lowest BCUT2D eigenvalue weighted by Gasteiger charge is -2.13. The SMILES string of the molecule is COc1cc(Br)cnc1[C@@H]1CCCN1. The molecule has 1 aromatic heterocycles. The Morgan fingerprint density at radius 1 is 1.64 bits per heavy atom. The Balaban J connectivity index is 2.31. The number of aromatic nitrogens is 1. The van der Waals surface area contributed by atoms with E-state index in [1.54, 1.807) is 7.11 Å². The van der Waals surface area contributed by atoms with Crippen molar-refractivity contribution in [2.75, 3.05) is 13.7 Å². The quantitative estimate of drug-likeness (QED) is 0.882. The van der Waals surface area contributed by atoms with E-state index in [2.05, 4.69) is 26.2 Å². The minimum atomic E-state index is 0.359. The molecule has 2 rings (SSSR count). The number of nitrogens with one attached hydrogen (secondary N) is 1. The van der Waals surface area contributed by atoms with Crippen molar-refractivity contribution in [2.45, 2.75) is 18.9 Å². The second kappa shape index (κ2) is 4.28. The summed E-state index contributed by atoms with van der Waals surface area (Å²) in [4.78, 5) is 4.40. The molecule has 1 fully saturated rings. The summed E-state index contributed by atoms with van der Waals surface area (Å²) >= 11 is 3.38. The van der Waals surface area contributed by atoms with Gasteiger partial charge in [-0.15, -0.1) is 0 Å². The Kier molecular flexibility index (Phi) is 3.03. The van der Waals surface area contributed by atoms with Gasteiger partial charge in [0.05, 0.1) is 18.8 Å². The molecule has 1 aliphatic rings. The van der Waals surface area contributed by atoms with Crippen molar-refractivity contribution in [2.24, 2.45) is 0 Å². The first-order chi connectivity index (χ1) is 6.81. The van der Waals surface area contributed by atoms with Gasteiger partial charge in [0, 0.05) is 10.7 Å². The largest absolute Gasteiger partial charge is 0.495 e. The number of pyridine rings is 1. The average Bonchev–Trinajstić information content (AvgIpc) is 2.70. The molecular weight excluding hydrogens is 244 g/mol. The van der Waals surface area contributed by atoms with E-state index in [9.17, 15) is 0 Å². The fraction of sp³-hybridized carbons (Fsp3) is 0.500. The topological polar surface area (TPSA) is 34.1 Å². The van der Waals surface area contributed by atoms with Crippen LogP contribution >= 0.6 is 15.9 Å². The molecule has 0 unspecified atom stereocenters. The molecule has 3 nitrogen and oxygen atoms in total. The second-order valence-electron chi connectivity index (χ2n) is 3.39. The predicted octanol–water partition coefficient (Wildman–Crippen LogP) is 2.28. The smallest absolute Gasteiger partial charge is 0.143 e. The number of hydrogen-bond acceptors (Lipinski definition) is 3. The summed E-state index contributed by atoms with van der Waals surface area (Å²) in [5.41, 5.74) is 1.02. The van der Waals surface area contributed by atoms with Crippen LogP contribution < -0.4 is 10.1 Å². The lowest BCUT2D eigenvalue weighted by molar-refractivity contribution is 0.399. The third kappa shape index (κ3) is 1.91. The molecule has 2 heterocycles. The van der Waals surface area contributed by atoms with Crippen molar-refractivity contribution in [3.63, 3.8) is 0 Å². The maximum atomic E-state index is 5.31. The van der Waals surface area contributed by atoms with E-state index in [4.69, 9.17) is 4.74 Å². The highest BCUT2D eigenvalue weighted by Crippen LogP contribution is 2.30. The molecule has 1 aliphatic heterocycles. The zero-order chi connectivity index (χ0) is 9.97. The molecule has 0 radical (unpaired) electrons. The molecule has 1 N–H and O–H groups in total. The Hall–Kier alpha value is -0.610. The van der Waals surface area contributed by atoms with E-state index in [-0.39, 0.29) is 0 Å². The van der Waals surface area contributed by atoms with Gasteiger partial charge in [0.25, 0.3) is 0 Å². The number of halogens is 1. The summed E-state index contributed by atoms with van der Waals surface area (Å²) in [5, 5.41) is 3.41. The summed E-state index contributed by atoms with van der Waals surface area (Å²) in [5.74, 6) is 0.860. The standard InChI is InChI=1S/C10H13BrN2O/c1-14-9-5-7(11)6-13-10(9)8-3-2-4-12-8/h5-6,8,12H,2-4H2,1H3/t8-/m0/s1. The van der Waals surface area contributed by atoms with Crippen molar-refractivity contribution >= 4 is 15.9 Å². The molecule has 0 saturated carbocycles. The van der Waals surface area contributed by atoms with Gasteiger partial charge >= 0.3 is 0 Å². The Morgan fingerprint density at radius 3 is 3.14 bits per heavy atom. The summed E-state index contributed by atoms with van der Waals surface area (Å²) in [6.07, 6.45) is 4.18. The molecule has 0 aromatic carbocycles. The highest BCUT2D eigenvalue weighted by atomic mass is 79.9. The minimum absolute atomic E-state index is 0.359. The maximum absolute atomic E-state index is 5.31. The summed E-state index contributed by atoms with van der Waals surface area (Å²) in [6, 6.07) is 2.32. The fourth-order valence-electron chi connectivity index (χ4n) is 1.77. The van der Waals surface area contributed by atoms with Crippen molar-refractivity contribution < 1.29 is 4.74 Å². The summed E-state index contributed by atoms with van der Waals surface area (Å²) in [7, 11) is 1.68. The van der Waals surface area contributed by atoms with Crippen LogP contribution in [0.3, 0.4) is 0 Å². The van der Waals surface area contributed by atoms with E-state index < -0.39 is 0 Å². The van der Waals surface area contributed by atoms with Gasteiger partial charge in [0.2, 0.25) is 0 Å². The van der Waals surface area contributed by atoms with Gasteiger partial charge in [-0.2, -0.15) is 0 Å². The lowest BCUT2D eigenvalue weighted by Crippen LogP contribution is -2.15. The zero-order valence-corrected chi connectivity index (χ0v) is 9.67. The zero-order valence-electron chi connectivity index (χ0n) is 8.09. The van der Waals surface area contributed by atoms with E-state index in [1.807, 2.05) is 12.3 Å². The van der Waals surface area contributed by atoms with Gasteiger partial charge in [-0.3, -0.25) is 4.98 Å². The number of hydrogen-bond donors (Lipinski definition) is 1. The Morgan fingerprint density at radius 2 is 2.50 bits per heavy atom. The Bertz CT molecular complexity index is 324. The van der Waals surface area contributed by atoms with Crippen molar-refractivity contribution in [3.8, 4) is 5.75 Å². The van der Waals surface area contributed by atoms with E-state index in [1.165, 1.54) is 6.42 Å². The van der Waals surface area contributed by atoms with Gasteiger partial charge in [-0.25, -0.2) is 0 Å². The minimum Gasteiger partial charge on any atom is -0.495 e. The van der Waals surface area contributed by atoms with Crippen LogP contribution in [0.4, 0.5) is 0 Å². The first kappa shape index (κ1) is 9.93. The van der Waals surface area contributed by atoms with Crippen molar-refractivity contribution in [1.82, 2.24) is 10.3 Å². The number of rotatable bonds is 2. The van der Waals surface area contributed by atoms with E-state index in [0.717, 1.165) is 28.9 Å². The lowest BCUT2D eigenvalue weighted by atomic mass is 10.1. The molecule has 1 saturated heterocycles. The first-order valence-electron chi connectivity index (χ1n) is 4.74. The van der Waals surface area contributed by atoms with Gasteiger partial charge < -0.3 is 10.1 Å². The first-order valence-corrected chi connectivity index (χ1v) is 5.53. The van der Waals surface area contributed by atoms with E-state index >= 15 is 0 Å². The second-order valence-corrected chi connectivity index (χ2v) is 4.31. The molecular formula is C10H13BrN2O. The van der Waals surface area contributed by atoms with E-state index in [0.29, 0.717) is 6.04 Å². The van der Waals surface area contributed by atoms with Crippen molar-refractivity contribution in [3.05, 3.63) is 22.4 Å². The van der Waals surface area contributed by atoms with Crippen LogP contribution in [0.15, 0.2) is 16.7 Å². The van der Waals surface area contributed by atoms with Crippen LogP contribution in [-0.2, 0) is 0 Å².